The number of carbonyl (C=O) groups is 1. The van der Waals surface area contributed by atoms with Crippen LogP contribution in [0.15, 0.2) is 48.7 Å². The van der Waals surface area contributed by atoms with Crippen molar-refractivity contribution in [2.24, 2.45) is 0 Å². The van der Waals surface area contributed by atoms with E-state index >= 15 is 0 Å². The summed E-state index contributed by atoms with van der Waals surface area (Å²) in [6, 6.07) is 13.2. The van der Waals surface area contributed by atoms with Gasteiger partial charge in [0.05, 0.1) is 11.9 Å². The maximum absolute atomic E-state index is 11.0. The van der Waals surface area contributed by atoms with Gasteiger partial charge in [-0.2, -0.15) is 0 Å². The highest BCUT2D eigenvalue weighted by Gasteiger charge is 2.30. The summed E-state index contributed by atoms with van der Waals surface area (Å²) in [5.74, 6) is 1.54. The molecule has 2 atom stereocenters. The zero-order valence-corrected chi connectivity index (χ0v) is 15.5. The first kappa shape index (κ1) is 18.5. The minimum atomic E-state index is -0.798. The Labute approximate surface area is 157 Å². The molecule has 1 aliphatic heterocycles. The molecule has 2 N–H and O–H groups in total. The van der Waals surface area contributed by atoms with Crippen molar-refractivity contribution in [1.29, 1.82) is 0 Å². The number of ether oxygens (including phenoxy) is 1. The van der Waals surface area contributed by atoms with Crippen LogP contribution in [0.25, 0.3) is 0 Å². The Morgan fingerprint density at radius 3 is 2.77 bits per heavy atom. The molecule has 7 heteroatoms. The Bertz CT molecular complexity index is 712. The van der Waals surface area contributed by atoms with Gasteiger partial charge in [-0.05, 0) is 36.8 Å². The molecule has 0 saturated carbocycles. The molecule has 0 bridgehead atoms. The van der Waals surface area contributed by atoms with Gasteiger partial charge in [-0.25, -0.2) is 4.98 Å². The van der Waals surface area contributed by atoms with Crippen LogP contribution in [0.4, 0.5) is 5.82 Å². The molecule has 3 rings (SSSR count). The van der Waals surface area contributed by atoms with Crippen molar-refractivity contribution in [1.82, 2.24) is 10.3 Å². The number of thioether (sulfide) groups is 1. The van der Waals surface area contributed by atoms with E-state index in [-0.39, 0.29) is 5.37 Å². The van der Waals surface area contributed by atoms with Gasteiger partial charge >= 0.3 is 5.97 Å². The summed E-state index contributed by atoms with van der Waals surface area (Å²) in [4.78, 5) is 17.6. The third kappa shape index (κ3) is 4.68. The number of aliphatic carboxylic acids is 1. The number of benzene rings is 1. The van der Waals surface area contributed by atoms with Gasteiger partial charge in [-0.1, -0.05) is 18.2 Å². The van der Waals surface area contributed by atoms with Crippen molar-refractivity contribution >= 4 is 23.5 Å². The van der Waals surface area contributed by atoms with Crippen LogP contribution in [0.1, 0.15) is 17.9 Å². The first-order chi connectivity index (χ1) is 12.7. The lowest BCUT2D eigenvalue weighted by atomic mass is 10.2. The van der Waals surface area contributed by atoms with Gasteiger partial charge < -0.3 is 14.7 Å². The molecule has 1 aliphatic rings. The molecule has 1 saturated heterocycles. The monoisotopic (exact) mass is 373 g/mol. The molecule has 2 heterocycles. The zero-order chi connectivity index (χ0) is 18.4. The highest BCUT2D eigenvalue weighted by atomic mass is 32.2. The van der Waals surface area contributed by atoms with E-state index in [1.807, 2.05) is 42.5 Å². The number of rotatable bonds is 8. The number of anilines is 1. The maximum atomic E-state index is 11.0. The summed E-state index contributed by atoms with van der Waals surface area (Å²) < 4.78 is 5.85. The van der Waals surface area contributed by atoms with Gasteiger partial charge in [0.25, 0.3) is 0 Å². The summed E-state index contributed by atoms with van der Waals surface area (Å²) in [5.41, 5.74) is 1.06. The lowest BCUT2D eigenvalue weighted by Gasteiger charge is -2.21. The average molecular weight is 373 g/mol. The summed E-state index contributed by atoms with van der Waals surface area (Å²) in [6.07, 6.45) is 1.79. The Morgan fingerprint density at radius 1 is 1.35 bits per heavy atom. The standard InChI is InChI=1S/C19H23N3O3S/c1-2-22(17-5-3-4-10-20-17)11-12-25-15-8-6-14(7-9-15)18-21-16(13-26-18)19(23)24/h3-10,16,18,21H,2,11-13H2,1H3,(H,23,24)/t16?,18-/m1/s1. The fraction of sp³-hybridized carbons (Fsp3) is 0.368. The highest BCUT2D eigenvalue weighted by molar-refractivity contribution is 7.99. The summed E-state index contributed by atoms with van der Waals surface area (Å²) in [6.45, 7) is 4.30. The van der Waals surface area contributed by atoms with Crippen LogP contribution in [-0.2, 0) is 4.79 Å². The fourth-order valence-electron chi connectivity index (χ4n) is 2.79. The van der Waals surface area contributed by atoms with Crippen molar-refractivity contribution in [2.75, 3.05) is 30.3 Å². The van der Waals surface area contributed by atoms with E-state index in [1.54, 1.807) is 18.0 Å². The van der Waals surface area contributed by atoms with Crippen molar-refractivity contribution in [3.05, 3.63) is 54.2 Å². The summed E-state index contributed by atoms with van der Waals surface area (Å²) >= 11 is 1.61. The SMILES string of the molecule is CCN(CCOc1ccc([C@@H]2NC(C(=O)O)CS2)cc1)c1ccccn1. The molecule has 1 fully saturated rings. The molecule has 0 aliphatic carbocycles. The predicted molar refractivity (Wildman–Crippen MR) is 104 cm³/mol. The van der Waals surface area contributed by atoms with Crippen LogP contribution in [0.5, 0.6) is 5.75 Å². The number of hydrogen-bond acceptors (Lipinski definition) is 6. The molecule has 0 spiro atoms. The fourth-order valence-corrected chi connectivity index (χ4v) is 4.03. The number of aromatic nitrogens is 1. The molecule has 26 heavy (non-hydrogen) atoms. The highest BCUT2D eigenvalue weighted by Crippen LogP contribution is 2.33. The molecule has 138 valence electrons. The van der Waals surface area contributed by atoms with Crippen LogP contribution in [0, 0.1) is 0 Å². The number of likely N-dealkylation sites (N-methyl/N-ethyl adjacent to an activating group) is 1. The van der Waals surface area contributed by atoms with Crippen LogP contribution in [0.2, 0.25) is 0 Å². The zero-order valence-electron chi connectivity index (χ0n) is 14.7. The topological polar surface area (TPSA) is 74.7 Å². The Balaban J connectivity index is 1.49. The maximum Gasteiger partial charge on any atom is 0.321 e. The second-order valence-electron chi connectivity index (χ2n) is 5.96. The van der Waals surface area contributed by atoms with E-state index in [9.17, 15) is 4.79 Å². The van der Waals surface area contributed by atoms with E-state index in [0.29, 0.717) is 12.4 Å². The first-order valence-corrected chi connectivity index (χ1v) is 9.71. The largest absolute Gasteiger partial charge is 0.492 e. The van der Waals surface area contributed by atoms with Crippen LogP contribution in [0.3, 0.4) is 0 Å². The number of nitrogens with one attached hydrogen (secondary N) is 1. The van der Waals surface area contributed by atoms with E-state index in [4.69, 9.17) is 9.84 Å². The number of hydrogen-bond donors (Lipinski definition) is 2. The van der Waals surface area contributed by atoms with Crippen LogP contribution in [-0.4, -0.2) is 47.6 Å². The second-order valence-corrected chi connectivity index (χ2v) is 7.09. The Hall–Kier alpha value is -2.25. The van der Waals surface area contributed by atoms with Crippen LogP contribution < -0.4 is 15.0 Å². The minimum absolute atomic E-state index is 0.0184. The molecule has 1 aromatic carbocycles. The van der Waals surface area contributed by atoms with E-state index < -0.39 is 12.0 Å². The van der Waals surface area contributed by atoms with Crippen molar-refractivity contribution in [3.8, 4) is 5.75 Å². The number of pyridine rings is 1. The van der Waals surface area contributed by atoms with E-state index in [1.165, 1.54) is 0 Å². The molecule has 2 aromatic rings. The molecular formula is C19H23N3O3S. The molecule has 6 nitrogen and oxygen atoms in total. The average Bonchev–Trinajstić information content (AvgIpc) is 3.17. The van der Waals surface area contributed by atoms with E-state index in [0.717, 1.165) is 30.2 Å². The quantitative estimate of drug-likeness (QED) is 0.737. The lowest BCUT2D eigenvalue weighted by molar-refractivity contribution is -0.138. The molecular weight excluding hydrogens is 350 g/mol. The van der Waals surface area contributed by atoms with Gasteiger partial charge in [0.1, 0.15) is 24.2 Å². The normalized spacial score (nSPS) is 19.3. The van der Waals surface area contributed by atoms with Crippen LogP contribution >= 0.6 is 11.8 Å². The van der Waals surface area contributed by atoms with Gasteiger partial charge in [0, 0.05) is 18.5 Å². The van der Waals surface area contributed by atoms with Gasteiger partial charge in [-0.3, -0.25) is 10.1 Å². The van der Waals surface area contributed by atoms with Crippen molar-refractivity contribution in [3.63, 3.8) is 0 Å². The molecule has 0 amide bonds. The minimum Gasteiger partial charge on any atom is -0.492 e. The third-order valence-corrected chi connectivity index (χ3v) is 5.52. The van der Waals surface area contributed by atoms with E-state index in [2.05, 4.69) is 22.1 Å². The van der Waals surface area contributed by atoms with Gasteiger partial charge in [-0.15, -0.1) is 11.8 Å². The summed E-state index contributed by atoms with van der Waals surface area (Å²) in [7, 11) is 0. The smallest absolute Gasteiger partial charge is 0.321 e. The molecule has 1 aromatic heterocycles. The second kappa shape index (κ2) is 8.91. The number of carboxylic acids is 1. The predicted octanol–water partition coefficient (Wildman–Crippen LogP) is 2.78. The summed E-state index contributed by atoms with van der Waals surface area (Å²) in [5, 5.41) is 12.2. The lowest BCUT2D eigenvalue weighted by Crippen LogP contribution is -2.33. The third-order valence-electron chi connectivity index (χ3n) is 4.25. The van der Waals surface area contributed by atoms with Gasteiger partial charge in [0.2, 0.25) is 0 Å². The Kier molecular flexibility index (Phi) is 6.35. The molecule has 1 unspecified atom stereocenters. The van der Waals surface area contributed by atoms with Crippen molar-refractivity contribution < 1.29 is 14.6 Å². The van der Waals surface area contributed by atoms with Gasteiger partial charge in [0.15, 0.2) is 0 Å². The van der Waals surface area contributed by atoms with Crippen molar-refractivity contribution in [2.45, 2.75) is 18.3 Å². The Morgan fingerprint density at radius 2 is 2.15 bits per heavy atom. The first-order valence-electron chi connectivity index (χ1n) is 8.66. The number of nitrogens with zero attached hydrogens (tertiary/aromatic N) is 2. The molecule has 0 radical (unpaired) electrons. The number of carboxylic acid groups (broad SMARTS) is 1.